The summed E-state index contributed by atoms with van der Waals surface area (Å²) in [6.45, 7) is 4.03. The predicted molar refractivity (Wildman–Crippen MR) is 95.0 cm³/mol. The molecule has 27 heavy (non-hydrogen) atoms. The third-order valence-electron chi connectivity index (χ3n) is 4.07. The van der Waals surface area contributed by atoms with E-state index in [9.17, 15) is 18.0 Å². The van der Waals surface area contributed by atoms with Crippen LogP contribution in [-0.2, 0) is 6.18 Å². The Balaban J connectivity index is 1.82. The van der Waals surface area contributed by atoms with E-state index in [0.717, 1.165) is 29.4 Å². The molecule has 0 fully saturated rings. The Morgan fingerprint density at radius 2 is 1.93 bits per heavy atom. The highest BCUT2D eigenvalue weighted by atomic mass is 19.4. The van der Waals surface area contributed by atoms with Gasteiger partial charge in [-0.1, -0.05) is 26.0 Å². The summed E-state index contributed by atoms with van der Waals surface area (Å²) in [5.41, 5.74) is 0.668. The number of nitrogens with zero attached hydrogens (tertiary/aromatic N) is 2. The van der Waals surface area contributed by atoms with Crippen molar-refractivity contribution in [3.63, 3.8) is 0 Å². The van der Waals surface area contributed by atoms with E-state index in [1.807, 2.05) is 38.1 Å². The Morgan fingerprint density at radius 3 is 2.52 bits per heavy atom. The van der Waals surface area contributed by atoms with Gasteiger partial charge in [0.25, 0.3) is 5.91 Å². The highest BCUT2D eigenvalue weighted by molar-refractivity contribution is 5.94. The number of halogens is 3. The highest BCUT2D eigenvalue weighted by Crippen LogP contribution is 2.27. The molecule has 0 aliphatic rings. The third-order valence-corrected chi connectivity index (χ3v) is 4.07. The summed E-state index contributed by atoms with van der Waals surface area (Å²) in [4.78, 5) is 23.6. The van der Waals surface area contributed by atoms with Gasteiger partial charge in [0.1, 0.15) is 11.5 Å². The van der Waals surface area contributed by atoms with E-state index in [0.29, 0.717) is 12.2 Å². The summed E-state index contributed by atoms with van der Waals surface area (Å²) >= 11 is 0. The number of amides is 1. The van der Waals surface area contributed by atoms with Crippen molar-refractivity contribution in [2.45, 2.75) is 32.5 Å². The SMILES string of the molecule is CC(C)CC(NC(=O)c1ccc(C(F)(F)F)nc1)c1nc2ccccc2[nH]1. The minimum absolute atomic E-state index is 0.0628. The van der Waals surface area contributed by atoms with Crippen LogP contribution >= 0.6 is 0 Å². The summed E-state index contributed by atoms with van der Waals surface area (Å²) in [5.74, 6) is 0.384. The summed E-state index contributed by atoms with van der Waals surface area (Å²) in [5, 5.41) is 2.85. The number of hydrogen-bond acceptors (Lipinski definition) is 3. The number of alkyl halides is 3. The first-order valence-electron chi connectivity index (χ1n) is 8.53. The van der Waals surface area contributed by atoms with Gasteiger partial charge in [-0.2, -0.15) is 13.2 Å². The van der Waals surface area contributed by atoms with Crippen molar-refractivity contribution in [3.8, 4) is 0 Å². The molecule has 8 heteroatoms. The molecule has 5 nitrogen and oxygen atoms in total. The molecule has 0 saturated carbocycles. The molecular weight excluding hydrogens is 357 g/mol. The summed E-state index contributed by atoms with van der Waals surface area (Å²) in [6.07, 6.45) is -2.98. The topological polar surface area (TPSA) is 70.7 Å². The number of imidazole rings is 1. The minimum atomic E-state index is -4.54. The minimum Gasteiger partial charge on any atom is -0.342 e. The number of aromatic nitrogens is 3. The third kappa shape index (κ3) is 4.45. The van der Waals surface area contributed by atoms with E-state index < -0.39 is 23.8 Å². The molecule has 0 bridgehead atoms. The van der Waals surface area contributed by atoms with Gasteiger partial charge in [0.15, 0.2) is 0 Å². The zero-order valence-electron chi connectivity index (χ0n) is 14.8. The Bertz CT molecular complexity index is 899. The zero-order valence-corrected chi connectivity index (χ0v) is 14.8. The molecule has 3 aromatic rings. The number of carbonyl (C=O) groups excluding carboxylic acids is 1. The number of hydrogen-bond donors (Lipinski definition) is 2. The lowest BCUT2D eigenvalue weighted by molar-refractivity contribution is -0.141. The molecule has 2 heterocycles. The van der Waals surface area contributed by atoms with Crippen LogP contribution in [-0.4, -0.2) is 20.9 Å². The largest absolute Gasteiger partial charge is 0.433 e. The fourth-order valence-electron chi connectivity index (χ4n) is 2.79. The van der Waals surface area contributed by atoms with E-state index >= 15 is 0 Å². The molecule has 0 aliphatic carbocycles. The molecule has 2 aromatic heterocycles. The number of H-pyrrole nitrogens is 1. The molecule has 0 radical (unpaired) electrons. The van der Waals surface area contributed by atoms with E-state index in [1.54, 1.807) is 0 Å². The molecule has 0 aliphatic heterocycles. The number of rotatable bonds is 5. The van der Waals surface area contributed by atoms with Gasteiger partial charge in [0, 0.05) is 6.20 Å². The lowest BCUT2D eigenvalue weighted by atomic mass is 10.0. The van der Waals surface area contributed by atoms with Crippen molar-refractivity contribution in [3.05, 3.63) is 59.7 Å². The molecule has 1 aromatic carbocycles. The van der Waals surface area contributed by atoms with Gasteiger partial charge in [-0.25, -0.2) is 4.98 Å². The first-order valence-corrected chi connectivity index (χ1v) is 8.53. The number of para-hydroxylation sites is 2. The Hall–Kier alpha value is -2.90. The quantitative estimate of drug-likeness (QED) is 0.689. The van der Waals surface area contributed by atoms with E-state index in [-0.39, 0.29) is 11.5 Å². The van der Waals surface area contributed by atoms with Crippen molar-refractivity contribution in [1.29, 1.82) is 0 Å². The van der Waals surface area contributed by atoms with E-state index in [2.05, 4.69) is 20.3 Å². The van der Waals surface area contributed by atoms with Crippen molar-refractivity contribution >= 4 is 16.9 Å². The van der Waals surface area contributed by atoms with Gasteiger partial charge in [-0.3, -0.25) is 9.78 Å². The molecule has 3 rings (SSSR count). The van der Waals surface area contributed by atoms with Crippen LogP contribution in [0, 0.1) is 5.92 Å². The second-order valence-electron chi connectivity index (χ2n) is 6.72. The average Bonchev–Trinajstić information content (AvgIpc) is 3.04. The summed E-state index contributed by atoms with van der Waals surface area (Å²) in [6, 6.07) is 9.03. The Kier molecular flexibility index (Phi) is 5.16. The average molecular weight is 376 g/mol. The fourth-order valence-corrected chi connectivity index (χ4v) is 2.79. The molecule has 1 unspecified atom stereocenters. The summed E-state index contributed by atoms with van der Waals surface area (Å²) in [7, 11) is 0. The van der Waals surface area contributed by atoms with Crippen molar-refractivity contribution in [2.24, 2.45) is 5.92 Å². The molecule has 0 saturated heterocycles. The molecule has 1 amide bonds. The summed E-state index contributed by atoms with van der Waals surface area (Å²) < 4.78 is 37.9. The fraction of sp³-hybridized carbons (Fsp3) is 0.316. The van der Waals surface area contributed by atoms with Gasteiger partial charge < -0.3 is 10.3 Å². The van der Waals surface area contributed by atoms with Crippen LogP contribution in [0.5, 0.6) is 0 Å². The zero-order chi connectivity index (χ0) is 19.6. The van der Waals surface area contributed by atoms with Crippen LogP contribution in [0.3, 0.4) is 0 Å². The number of benzene rings is 1. The lowest BCUT2D eigenvalue weighted by Gasteiger charge is -2.19. The van der Waals surface area contributed by atoms with Crippen LogP contribution < -0.4 is 5.32 Å². The van der Waals surface area contributed by atoms with Gasteiger partial charge in [-0.05, 0) is 36.6 Å². The van der Waals surface area contributed by atoms with Crippen LogP contribution in [0.2, 0.25) is 0 Å². The van der Waals surface area contributed by atoms with Crippen molar-refractivity contribution in [1.82, 2.24) is 20.3 Å². The number of carbonyl (C=O) groups is 1. The molecular formula is C19H19F3N4O. The highest BCUT2D eigenvalue weighted by Gasteiger charge is 2.32. The van der Waals surface area contributed by atoms with E-state index in [4.69, 9.17) is 0 Å². The Morgan fingerprint density at radius 1 is 1.19 bits per heavy atom. The molecule has 142 valence electrons. The van der Waals surface area contributed by atoms with Gasteiger partial charge in [-0.15, -0.1) is 0 Å². The van der Waals surface area contributed by atoms with Crippen LogP contribution in [0.1, 0.15) is 48.2 Å². The predicted octanol–water partition coefficient (Wildman–Crippen LogP) is 4.49. The molecule has 0 spiro atoms. The monoisotopic (exact) mass is 376 g/mol. The first-order chi connectivity index (χ1) is 12.7. The second-order valence-corrected chi connectivity index (χ2v) is 6.72. The second kappa shape index (κ2) is 7.38. The molecule has 1 atom stereocenters. The number of pyridine rings is 1. The van der Waals surface area contributed by atoms with Gasteiger partial charge >= 0.3 is 6.18 Å². The lowest BCUT2D eigenvalue weighted by Crippen LogP contribution is -2.30. The van der Waals surface area contributed by atoms with Crippen LogP contribution in [0.15, 0.2) is 42.6 Å². The smallest absolute Gasteiger partial charge is 0.342 e. The maximum atomic E-state index is 12.6. The standard InChI is InChI=1S/C19H19F3N4O/c1-11(2)9-15(17-24-13-5-3-4-6-14(13)25-17)26-18(27)12-7-8-16(23-10-12)19(20,21)22/h3-8,10-11,15H,9H2,1-2H3,(H,24,25)(H,26,27). The van der Waals surface area contributed by atoms with Crippen molar-refractivity contribution < 1.29 is 18.0 Å². The first kappa shape index (κ1) is 18.9. The van der Waals surface area contributed by atoms with E-state index in [1.165, 1.54) is 0 Å². The number of nitrogens with one attached hydrogen (secondary N) is 2. The normalized spacial score (nSPS) is 13.1. The van der Waals surface area contributed by atoms with Gasteiger partial charge in [0.2, 0.25) is 0 Å². The number of fused-ring (bicyclic) bond motifs is 1. The van der Waals surface area contributed by atoms with Crippen LogP contribution in [0.4, 0.5) is 13.2 Å². The maximum absolute atomic E-state index is 12.6. The van der Waals surface area contributed by atoms with Crippen molar-refractivity contribution in [2.75, 3.05) is 0 Å². The number of aromatic amines is 1. The Labute approximate surface area is 154 Å². The van der Waals surface area contributed by atoms with Crippen LogP contribution in [0.25, 0.3) is 11.0 Å². The molecule has 2 N–H and O–H groups in total. The van der Waals surface area contributed by atoms with Gasteiger partial charge in [0.05, 0.1) is 22.6 Å². The maximum Gasteiger partial charge on any atom is 0.433 e.